The van der Waals surface area contributed by atoms with Gasteiger partial charge in [0.05, 0.1) is 0 Å². The first kappa shape index (κ1) is 17.7. The molecule has 0 spiro atoms. The molecule has 0 aliphatic carbocycles. The summed E-state index contributed by atoms with van der Waals surface area (Å²) in [6, 6.07) is 0.886. The van der Waals surface area contributed by atoms with Crippen LogP contribution in [0.3, 0.4) is 0 Å². The summed E-state index contributed by atoms with van der Waals surface area (Å²) in [7, 11) is 2.27. The molecule has 0 saturated carbocycles. The largest absolute Gasteiger partial charge is 0.306 e. The molecule has 0 aromatic carbocycles. The van der Waals surface area contributed by atoms with Crippen molar-refractivity contribution in [3.63, 3.8) is 0 Å². The van der Waals surface area contributed by atoms with Gasteiger partial charge in [-0.15, -0.1) is 0 Å². The second kappa shape index (κ2) is 8.31. The van der Waals surface area contributed by atoms with Gasteiger partial charge in [0.25, 0.3) is 0 Å². The summed E-state index contributed by atoms with van der Waals surface area (Å²) in [6.07, 6.45) is 8.54. The van der Waals surface area contributed by atoms with Gasteiger partial charge >= 0.3 is 0 Å². The Kier molecular flexibility index (Phi) is 6.39. The number of rotatable bonds is 4. The van der Waals surface area contributed by atoms with E-state index in [1.165, 1.54) is 84.3 Å². The van der Waals surface area contributed by atoms with Crippen LogP contribution in [0.15, 0.2) is 0 Å². The SMILES string of the molecule is CC(C)C1CCN(C2CCN(CC3CCN(C)CC3)CC2)CC1. The van der Waals surface area contributed by atoms with E-state index in [1.807, 2.05) is 0 Å². The van der Waals surface area contributed by atoms with Gasteiger partial charge in [-0.05, 0) is 103 Å². The molecule has 134 valence electrons. The Bertz CT molecular complexity index is 333. The minimum Gasteiger partial charge on any atom is -0.306 e. The van der Waals surface area contributed by atoms with E-state index < -0.39 is 0 Å². The molecule has 23 heavy (non-hydrogen) atoms. The molecule has 3 saturated heterocycles. The Labute approximate surface area is 144 Å². The van der Waals surface area contributed by atoms with E-state index in [0.29, 0.717) is 0 Å². The highest BCUT2D eigenvalue weighted by atomic mass is 15.2. The van der Waals surface area contributed by atoms with Crippen LogP contribution in [0, 0.1) is 17.8 Å². The second-order valence-electron chi connectivity index (χ2n) is 8.90. The summed E-state index contributed by atoms with van der Waals surface area (Å²) in [5, 5.41) is 0. The van der Waals surface area contributed by atoms with E-state index in [4.69, 9.17) is 0 Å². The summed E-state index contributed by atoms with van der Waals surface area (Å²) >= 11 is 0. The van der Waals surface area contributed by atoms with Gasteiger partial charge < -0.3 is 14.7 Å². The molecule has 3 nitrogen and oxygen atoms in total. The number of hydrogen-bond acceptors (Lipinski definition) is 3. The van der Waals surface area contributed by atoms with Crippen LogP contribution in [-0.2, 0) is 0 Å². The first-order valence-corrected chi connectivity index (χ1v) is 10.3. The molecule has 0 atom stereocenters. The highest BCUT2D eigenvalue weighted by molar-refractivity contribution is 4.85. The molecule has 0 N–H and O–H groups in total. The maximum Gasteiger partial charge on any atom is 0.0120 e. The topological polar surface area (TPSA) is 9.72 Å². The molecule has 3 rings (SSSR count). The van der Waals surface area contributed by atoms with Gasteiger partial charge in [0.15, 0.2) is 0 Å². The fourth-order valence-electron chi connectivity index (χ4n) is 5.03. The lowest BCUT2D eigenvalue weighted by Gasteiger charge is -2.43. The zero-order chi connectivity index (χ0) is 16.2. The standard InChI is InChI=1S/C20H39N3/c1-17(2)19-6-14-23(15-7-19)20-8-12-22(13-9-20)16-18-4-10-21(3)11-5-18/h17-20H,4-16H2,1-3H3. The number of likely N-dealkylation sites (tertiary alicyclic amines) is 3. The Morgan fingerprint density at radius 1 is 0.783 bits per heavy atom. The van der Waals surface area contributed by atoms with E-state index in [2.05, 4.69) is 35.6 Å². The van der Waals surface area contributed by atoms with E-state index in [0.717, 1.165) is 23.8 Å². The van der Waals surface area contributed by atoms with E-state index >= 15 is 0 Å². The van der Waals surface area contributed by atoms with Crippen molar-refractivity contribution in [3.05, 3.63) is 0 Å². The molecule has 3 aliphatic heterocycles. The van der Waals surface area contributed by atoms with Crippen LogP contribution in [0.4, 0.5) is 0 Å². The predicted molar refractivity (Wildman–Crippen MR) is 98.8 cm³/mol. The van der Waals surface area contributed by atoms with Crippen LogP contribution in [0.25, 0.3) is 0 Å². The average Bonchev–Trinajstić information content (AvgIpc) is 2.58. The van der Waals surface area contributed by atoms with Gasteiger partial charge in [0, 0.05) is 12.6 Å². The highest BCUT2D eigenvalue weighted by Crippen LogP contribution is 2.28. The van der Waals surface area contributed by atoms with Crippen molar-refractivity contribution in [1.29, 1.82) is 0 Å². The summed E-state index contributed by atoms with van der Waals surface area (Å²) in [5.41, 5.74) is 0. The van der Waals surface area contributed by atoms with Crippen molar-refractivity contribution in [2.24, 2.45) is 17.8 Å². The summed E-state index contributed by atoms with van der Waals surface area (Å²) in [6.45, 7) is 14.2. The van der Waals surface area contributed by atoms with Crippen molar-refractivity contribution < 1.29 is 0 Å². The van der Waals surface area contributed by atoms with Crippen molar-refractivity contribution in [3.8, 4) is 0 Å². The Morgan fingerprint density at radius 3 is 1.96 bits per heavy atom. The third kappa shape index (κ3) is 4.93. The van der Waals surface area contributed by atoms with Crippen molar-refractivity contribution >= 4 is 0 Å². The quantitative estimate of drug-likeness (QED) is 0.787. The fraction of sp³-hybridized carbons (Fsp3) is 1.00. The average molecular weight is 322 g/mol. The first-order chi connectivity index (χ1) is 11.1. The van der Waals surface area contributed by atoms with Gasteiger partial charge in [-0.1, -0.05) is 13.8 Å². The fourth-order valence-corrected chi connectivity index (χ4v) is 5.03. The summed E-state index contributed by atoms with van der Waals surface area (Å²) in [4.78, 5) is 8.09. The molecule has 3 heteroatoms. The van der Waals surface area contributed by atoms with Gasteiger partial charge in [0.2, 0.25) is 0 Å². The second-order valence-corrected chi connectivity index (χ2v) is 8.90. The lowest BCUT2D eigenvalue weighted by atomic mass is 9.85. The molecule has 0 aromatic rings. The maximum atomic E-state index is 2.83. The summed E-state index contributed by atoms with van der Waals surface area (Å²) in [5.74, 6) is 2.83. The lowest BCUT2D eigenvalue weighted by Crippen LogP contribution is -2.49. The van der Waals surface area contributed by atoms with Gasteiger partial charge in [0.1, 0.15) is 0 Å². The summed E-state index contributed by atoms with van der Waals surface area (Å²) < 4.78 is 0. The molecule has 0 amide bonds. The van der Waals surface area contributed by atoms with E-state index in [9.17, 15) is 0 Å². The normalized spacial score (nSPS) is 28.7. The predicted octanol–water partition coefficient (Wildman–Crippen LogP) is 3.16. The minimum atomic E-state index is 0.883. The molecule has 0 aromatic heterocycles. The minimum absolute atomic E-state index is 0.883. The molecule has 0 unspecified atom stereocenters. The zero-order valence-electron chi connectivity index (χ0n) is 15.8. The van der Waals surface area contributed by atoms with Crippen LogP contribution in [0.2, 0.25) is 0 Å². The van der Waals surface area contributed by atoms with E-state index in [1.54, 1.807) is 0 Å². The molecule has 3 aliphatic rings. The molecule has 0 bridgehead atoms. The first-order valence-electron chi connectivity index (χ1n) is 10.3. The lowest BCUT2D eigenvalue weighted by molar-refractivity contribution is 0.0597. The Hall–Kier alpha value is -0.120. The van der Waals surface area contributed by atoms with Crippen molar-refractivity contribution in [2.75, 3.05) is 52.9 Å². The smallest absolute Gasteiger partial charge is 0.0120 e. The van der Waals surface area contributed by atoms with Crippen LogP contribution < -0.4 is 0 Å². The molecule has 3 fully saturated rings. The molecular formula is C20H39N3. The maximum absolute atomic E-state index is 2.83. The number of nitrogens with zero attached hydrogens (tertiary/aromatic N) is 3. The Balaban J connectivity index is 1.36. The van der Waals surface area contributed by atoms with Crippen molar-refractivity contribution in [1.82, 2.24) is 14.7 Å². The van der Waals surface area contributed by atoms with Crippen LogP contribution >= 0.6 is 0 Å². The van der Waals surface area contributed by atoms with Crippen molar-refractivity contribution in [2.45, 2.75) is 58.4 Å². The van der Waals surface area contributed by atoms with Crippen LogP contribution in [0.1, 0.15) is 52.4 Å². The van der Waals surface area contributed by atoms with Gasteiger partial charge in [-0.2, -0.15) is 0 Å². The van der Waals surface area contributed by atoms with Gasteiger partial charge in [-0.3, -0.25) is 0 Å². The zero-order valence-corrected chi connectivity index (χ0v) is 15.8. The third-order valence-electron chi connectivity index (χ3n) is 6.95. The molecule has 3 heterocycles. The number of piperidine rings is 3. The third-order valence-corrected chi connectivity index (χ3v) is 6.95. The van der Waals surface area contributed by atoms with E-state index in [-0.39, 0.29) is 0 Å². The number of hydrogen-bond donors (Lipinski definition) is 0. The monoisotopic (exact) mass is 321 g/mol. The highest BCUT2D eigenvalue weighted by Gasteiger charge is 2.30. The Morgan fingerprint density at radius 2 is 1.39 bits per heavy atom. The molecule has 0 radical (unpaired) electrons. The van der Waals surface area contributed by atoms with Crippen LogP contribution in [0.5, 0.6) is 0 Å². The van der Waals surface area contributed by atoms with Crippen LogP contribution in [-0.4, -0.2) is 73.6 Å². The van der Waals surface area contributed by atoms with Gasteiger partial charge in [-0.25, -0.2) is 0 Å². The molecular weight excluding hydrogens is 282 g/mol.